The van der Waals surface area contributed by atoms with E-state index in [0.717, 1.165) is 12.4 Å². The lowest BCUT2D eigenvalue weighted by atomic mass is 10.1. The van der Waals surface area contributed by atoms with E-state index in [4.69, 9.17) is 4.74 Å². The fourth-order valence-electron chi connectivity index (χ4n) is 2.38. The van der Waals surface area contributed by atoms with Crippen LogP contribution >= 0.6 is 0 Å². The van der Waals surface area contributed by atoms with Crippen molar-refractivity contribution >= 4 is 12.1 Å². The summed E-state index contributed by atoms with van der Waals surface area (Å²) >= 11 is 0. The van der Waals surface area contributed by atoms with Gasteiger partial charge in [0.1, 0.15) is 11.4 Å². The van der Waals surface area contributed by atoms with Crippen molar-refractivity contribution in [3.8, 4) is 0 Å². The lowest BCUT2D eigenvalue weighted by Gasteiger charge is -2.29. The standard InChI is InChI=1S/C19H36N6O2/c1-14(2)12-25-10-9-21-15(25)11-22-16(20-8)23-13-19(6,7)24-17(26)27-18(3,4)5/h9-10,14H,11-13H2,1-8H3,(H,24,26)(H2,20,22,23). The summed E-state index contributed by atoms with van der Waals surface area (Å²) in [7, 11) is 1.71. The molecule has 0 unspecified atom stereocenters. The molecule has 8 nitrogen and oxygen atoms in total. The summed E-state index contributed by atoms with van der Waals surface area (Å²) in [6.07, 6.45) is 3.36. The van der Waals surface area contributed by atoms with Gasteiger partial charge in [0.05, 0.1) is 12.1 Å². The SMILES string of the molecule is CN=C(NCc1nccn1CC(C)C)NCC(C)(C)NC(=O)OC(C)(C)C. The molecule has 0 aliphatic heterocycles. The van der Waals surface area contributed by atoms with Gasteiger partial charge in [0, 0.05) is 32.5 Å². The molecule has 3 N–H and O–H groups in total. The predicted molar refractivity (Wildman–Crippen MR) is 109 cm³/mol. The van der Waals surface area contributed by atoms with E-state index in [2.05, 4.69) is 44.3 Å². The third kappa shape index (κ3) is 9.30. The van der Waals surface area contributed by atoms with Crippen molar-refractivity contribution in [1.82, 2.24) is 25.5 Å². The fraction of sp³-hybridized carbons (Fsp3) is 0.737. The highest BCUT2D eigenvalue weighted by Gasteiger charge is 2.24. The van der Waals surface area contributed by atoms with Gasteiger partial charge < -0.3 is 25.3 Å². The molecule has 0 aromatic carbocycles. The zero-order valence-electron chi connectivity index (χ0n) is 18.0. The Kier molecular flexibility index (Phi) is 8.12. The van der Waals surface area contributed by atoms with E-state index >= 15 is 0 Å². The summed E-state index contributed by atoms with van der Waals surface area (Å²) in [5.74, 6) is 2.15. The van der Waals surface area contributed by atoms with Crippen molar-refractivity contribution in [3.63, 3.8) is 0 Å². The molecule has 0 saturated carbocycles. The Labute approximate surface area is 163 Å². The molecule has 1 rings (SSSR count). The van der Waals surface area contributed by atoms with Crippen LogP contribution in [-0.2, 0) is 17.8 Å². The first kappa shape index (κ1) is 22.8. The largest absolute Gasteiger partial charge is 0.444 e. The molecule has 0 saturated heterocycles. The number of carbonyl (C=O) groups is 1. The smallest absolute Gasteiger partial charge is 0.408 e. The summed E-state index contributed by atoms with van der Waals surface area (Å²) in [5, 5.41) is 9.36. The Bertz CT molecular complexity index is 628. The summed E-state index contributed by atoms with van der Waals surface area (Å²) in [6, 6.07) is 0. The number of amides is 1. The first-order chi connectivity index (χ1) is 12.4. The van der Waals surface area contributed by atoms with Gasteiger partial charge in [-0.1, -0.05) is 13.8 Å². The number of rotatable bonds is 7. The molecule has 1 aromatic heterocycles. The molecule has 8 heteroatoms. The van der Waals surface area contributed by atoms with Crippen LogP contribution in [-0.4, -0.2) is 46.3 Å². The molecule has 1 amide bonds. The van der Waals surface area contributed by atoms with Crippen LogP contribution in [0.15, 0.2) is 17.4 Å². The van der Waals surface area contributed by atoms with E-state index in [1.807, 2.05) is 47.0 Å². The third-order valence-corrected chi connectivity index (χ3v) is 3.54. The molecule has 1 aromatic rings. The lowest BCUT2D eigenvalue weighted by Crippen LogP contribution is -2.54. The summed E-state index contributed by atoms with van der Waals surface area (Å²) in [6.45, 7) is 15.7. The average molecular weight is 381 g/mol. The first-order valence-electron chi connectivity index (χ1n) is 9.37. The fourth-order valence-corrected chi connectivity index (χ4v) is 2.38. The van der Waals surface area contributed by atoms with Crippen molar-refractivity contribution in [3.05, 3.63) is 18.2 Å². The highest BCUT2D eigenvalue weighted by molar-refractivity contribution is 5.79. The highest BCUT2D eigenvalue weighted by Crippen LogP contribution is 2.09. The number of imidazole rings is 1. The predicted octanol–water partition coefficient (Wildman–Crippen LogP) is 2.51. The number of aliphatic imine (C=N–C) groups is 1. The van der Waals surface area contributed by atoms with E-state index in [9.17, 15) is 4.79 Å². The average Bonchev–Trinajstić information content (AvgIpc) is 2.91. The second-order valence-corrected chi connectivity index (χ2v) is 8.68. The Balaban J connectivity index is 2.52. The van der Waals surface area contributed by atoms with Crippen LogP contribution in [0, 0.1) is 5.92 Å². The van der Waals surface area contributed by atoms with Crippen LogP contribution in [0.5, 0.6) is 0 Å². The number of nitrogens with zero attached hydrogens (tertiary/aromatic N) is 3. The van der Waals surface area contributed by atoms with Crippen LogP contribution in [0.3, 0.4) is 0 Å². The van der Waals surface area contributed by atoms with Gasteiger partial charge in [0.2, 0.25) is 0 Å². The van der Waals surface area contributed by atoms with Crippen LogP contribution in [0.1, 0.15) is 54.3 Å². The quantitative estimate of drug-likeness (QED) is 0.499. The number of carbonyl (C=O) groups excluding carboxylic acids is 1. The number of hydrogen-bond donors (Lipinski definition) is 3. The maximum Gasteiger partial charge on any atom is 0.408 e. The van der Waals surface area contributed by atoms with Gasteiger partial charge in [0.15, 0.2) is 5.96 Å². The molecule has 27 heavy (non-hydrogen) atoms. The molecule has 0 fully saturated rings. The summed E-state index contributed by atoms with van der Waals surface area (Å²) < 4.78 is 7.45. The van der Waals surface area contributed by atoms with Crippen molar-refractivity contribution in [2.75, 3.05) is 13.6 Å². The van der Waals surface area contributed by atoms with Gasteiger partial charge in [-0.15, -0.1) is 0 Å². The van der Waals surface area contributed by atoms with Crippen LogP contribution in [0.4, 0.5) is 4.79 Å². The van der Waals surface area contributed by atoms with E-state index in [1.165, 1.54) is 0 Å². The maximum absolute atomic E-state index is 12.0. The van der Waals surface area contributed by atoms with Crippen LogP contribution < -0.4 is 16.0 Å². The minimum Gasteiger partial charge on any atom is -0.444 e. The summed E-state index contributed by atoms with van der Waals surface area (Å²) in [5.41, 5.74) is -1.03. The monoisotopic (exact) mass is 380 g/mol. The zero-order chi connectivity index (χ0) is 20.7. The molecular formula is C19H36N6O2. The number of aromatic nitrogens is 2. The highest BCUT2D eigenvalue weighted by atomic mass is 16.6. The minimum absolute atomic E-state index is 0.437. The van der Waals surface area contributed by atoms with Gasteiger partial charge in [-0.3, -0.25) is 4.99 Å². The molecule has 154 valence electrons. The maximum atomic E-state index is 12.0. The number of ether oxygens (including phenoxy) is 1. The number of guanidine groups is 1. The van der Waals surface area contributed by atoms with Gasteiger partial charge in [0.25, 0.3) is 0 Å². The Hall–Kier alpha value is -2.25. The topological polar surface area (TPSA) is 92.6 Å². The van der Waals surface area contributed by atoms with Gasteiger partial charge in [-0.05, 0) is 40.5 Å². The number of hydrogen-bond acceptors (Lipinski definition) is 4. The number of alkyl carbamates (subject to hydrolysis) is 1. The second-order valence-electron chi connectivity index (χ2n) is 8.68. The molecule has 0 atom stereocenters. The molecule has 0 spiro atoms. The molecule has 0 aliphatic carbocycles. The normalized spacial score (nSPS) is 12.9. The Morgan fingerprint density at radius 2 is 1.93 bits per heavy atom. The molecular weight excluding hydrogens is 344 g/mol. The summed E-state index contributed by atoms with van der Waals surface area (Å²) in [4.78, 5) is 20.6. The minimum atomic E-state index is -0.525. The van der Waals surface area contributed by atoms with Gasteiger partial charge in [-0.2, -0.15) is 0 Å². The van der Waals surface area contributed by atoms with E-state index < -0.39 is 17.2 Å². The second kappa shape index (κ2) is 9.62. The van der Waals surface area contributed by atoms with E-state index in [0.29, 0.717) is 25.0 Å². The van der Waals surface area contributed by atoms with E-state index in [-0.39, 0.29) is 0 Å². The van der Waals surface area contributed by atoms with Crippen molar-refractivity contribution in [1.29, 1.82) is 0 Å². The van der Waals surface area contributed by atoms with Crippen molar-refractivity contribution in [2.45, 2.75) is 72.7 Å². The number of nitrogens with one attached hydrogen (secondary N) is 3. The lowest BCUT2D eigenvalue weighted by molar-refractivity contribution is 0.0474. The Morgan fingerprint density at radius 3 is 2.48 bits per heavy atom. The van der Waals surface area contributed by atoms with Gasteiger partial charge in [-0.25, -0.2) is 9.78 Å². The molecule has 0 aliphatic rings. The van der Waals surface area contributed by atoms with E-state index in [1.54, 1.807) is 7.05 Å². The van der Waals surface area contributed by atoms with Crippen molar-refractivity contribution in [2.24, 2.45) is 10.9 Å². The Morgan fingerprint density at radius 1 is 1.26 bits per heavy atom. The van der Waals surface area contributed by atoms with Gasteiger partial charge >= 0.3 is 6.09 Å². The first-order valence-corrected chi connectivity index (χ1v) is 9.37. The molecule has 1 heterocycles. The molecule has 0 bridgehead atoms. The van der Waals surface area contributed by atoms with Crippen LogP contribution in [0.25, 0.3) is 0 Å². The zero-order valence-corrected chi connectivity index (χ0v) is 18.0. The van der Waals surface area contributed by atoms with Crippen molar-refractivity contribution < 1.29 is 9.53 Å². The molecule has 0 radical (unpaired) electrons. The third-order valence-electron chi connectivity index (χ3n) is 3.54. The van der Waals surface area contributed by atoms with Crippen LogP contribution in [0.2, 0.25) is 0 Å².